The lowest BCUT2D eigenvalue weighted by atomic mass is 9.95. The van der Waals surface area contributed by atoms with E-state index in [-0.39, 0.29) is 12.5 Å². The Bertz CT molecular complexity index is 352. The highest BCUT2D eigenvalue weighted by atomic mass is 16.5. The molecule has 120 valence electrons. The zero-order valence-electron chi connectivity index (χ0n) is 12.6. The minimum atomic E-state index is -0.734. The summed E-state index contributed by atoms with van der Waals surface area (Å²) < 4.78 is 5.40. The Morgan fingerprint density at radius 2 is 2.00 bits per heavy atom. The fourth-order valence-corrected chi connectivity index (χ4v) is 3.45. The van der Waals surface area contributed by atoms with Gasteiger partial charge in [-0.15, -0.1) is 0 Å². The molecule has 2 aliphatic rings. The summed E-state index contributed by atoms with van der Waals surface area (Å²) in [7, 11) is 0. The predicted octanol–water partition coefficient (Wildman–Crippen LogP) is 1.66. The van der Waals surface area contributed by atoms with Gasteiger partial charge in [-0.25, -0.2) is 0 Å². The molecule has 0 aromatic heterocycles. The molecule has 0 bridgehead atoms. The first-order valence-electron chi connectivity index (χ1n) is 8.05. The highest BCUT2D eigenvalue weighted by molar-refractivity contribution is 5.66. The second kappa shape index (κ2) is 8.51. The summed E-state index contributed by atoms with van der Waals surface area (Å²) in [5.74, 6) is -0.430. The van der Waals surface area contributed by atoms with Gasteiger partial charge in [0.15, 0.2) is 0 Å². The van der Waals surface area contributed by atoms with E-state index >= 15 is 0 Å². The summed E-state index contributed by atoms with van der Waals surface area (Å²) in [4.78, 5) is 12.9. The molecule has 21 heavy (non-hydrogen) atoms. The molecule has 1 aliphatic heterocycles. The molecule has 0 amide bonds. The molecule has 2 fully saturated rings. The van der Waals surface area contributed by atoms with Gasteiger partial charge < -0.3 is 14.9 Å². The van der Waals surface area contributed by atoms with Crippen LogP contribution >= 0.6 is 0 Å². The molecule has 1 saturated heterocycles. The number of hydrogen-bond donors (Lipinski definition) is 2. The van der Waals surface area contributed by atoms with Gasteiger partial charge in [0, 0.05) is 31.5 Å². The molecule has 1 saturated carbocycles. The summed E-state index contributed by atoms with van der Waals surface area (Å²) in [5.41, 5.74) is 0. The Morgan fingerprint density at radius 3 is 2.71 bits per heavy atom. The van der Waals surface area contributed by atoms with E-state index in [1.165, 1.54) is 0 Å². The Balaban J connectivity index is 1.76. The zero-order valence-corrected chi connectivity index (χ0v) is 12.6. The van der Waals surface area contributed by atoms with Crippen molar-refractivity contribution in [2.75, 3.05) is 26.3 Å². The van der Waals surface area contributed by atoms with E-state index in [1.807, 2.05) is 0 Å². The van der Waals surface area contributed by atoms with E-state index in [2.05, 4.69) is 17.1 Å². The third kappa shape index (κ3) is 5.09. The quantitative estimate of drug-likeness (QED) is 0.552. The summed E-state index contributed by atoms with van der Waals surface area (Å²) >= 11 is 0. The van der Waals surface area contributed by atoms with Crippen LogP contribution in [0, 0.1) is 5.92 Å². The summed E-state index contributed by atoms with van der Waals surface area (Å²) in [6.07, 6.45) is 8.53. The second-order valence-electron chi connectivity index (χ2n) is 6.02. The molecule has 2 rings (SSSR count). The number of aliphatic carboxylic acids is 1. The average Bonchev–Trinajstić information content (AvgIpc) is 2.84. The molecule has 0 aromatic rings. The Morgan fingerprint density at radius 1 is 1.24 bits per heavy atom. The van der Waals surface area contributed by atoms with Crippen LogP contribution in [0.1, 0.15) is 38.5 Å². The van der Waals surface area contributed by atoms with Crippen molar-refractivity contribution in [1.82, 2.24) is 4.90 Å². The number of ether oxygens (including phenoxy) is 1. The standard InChI is InChI=1S/C16H27NO4/c18-15-8-7-14(17-9-11-21-12-10-17)13(15)5-3-1-2-4-6-16(19)20/h1,3,13-15,18H,2,4-12H2,(H,19,20)/t13-,14+,15+/m1/s1. The number of unbranched alkanes of at least 4 members (excludes halogenated alkanes) is 1. The number of hydrogen-bond acceptors (Lipinski definition) is 4. The van der Waals surface area contributed by atoms with Crippen molar-refractivity contribution in [1.29, 1.82) is 0 Å². The third-order valence-electron chi connectivity index (χ3n) is 4.60. The molecule has 5 nitrogen and oxygen atoms in total. The first-order chi connectivity index (χ1) is 10.2. The Kier molecular flexibility index (Phi) is 6.67. The summed E-state index contributed by atoms with van der Waals surface area (Å²) in [6, 6.07) is 0.465. The zero-order chi connectivity index (χ0) is 15.1. The topological polar surface area (TPSA) is 70.0 Å². The lowest BCUT2D eigenvalue weighted by molar-refractivity contribution is -0.137. The van der Waals surface area contributed by atoms with Gasteiger partial charge in [0.2, 0.25) is 0 Å². The van der Waals surface area contributed by atoms with Crippen LogP contribution in [0.15, 0.2) is 12.2 Å². The van der Waals surface area contributed by atoms with E-state index in [0.29, 0.717) is 18.4 Å². The lowest BCUT2D eigenvalue weighted by Crippen LogP contribution is -2.46. The number of aliphatic hydroxyl groups excluding tert-OH is 1. The van der Waals surface area contributed by atoms with E-state index in [9.17, 15) is 9.90 Å². The van der Waals surface area contributed by atoms with Crippen LogP contribution in [-0.4, -0.2) is 59.5 Å². The fourth-order valence-electron chi connectivity index (χ4n) is 3.45. The maximum Gasteiger partial charge on any atom is 0.303 e. The molecular formula is C16H27NO4. The van der Waals surface area contributed by atoms with Crippen LogP contribution in [0.25, 0.3) is 0 Å². The number of allylic oxidation sites excluding steroid dienone is 2. The van der Waals surface area contributed by atoms with Crippen molar-refractivity contribution in [3.63, 3.8) is 0 Å². The molecule has 0 unspecified atom stereocenters. The van der Waals surface area contributed by atoms with Gasteiger partial charge in [-0.2, -0.15) is 0 Å². The second-order valence-corrected chi connectivity index (χ2v) is 6.02. The van der Waals surface area contributed by atoms with Crippen LogP contribution in [-0.2, 0) is 9.53 Å². The lowest BCUT2D eigenvalue weighted by Gasteiger charge is -2.35. The normalized spacial score (nSPS) is 31.0. The van der Waals surface area contributed by atoms with E-state index < -0.39 is 5.97 Å². The largest absolute Gasteiger partial charge is 0.481 e. The van der Waals surface area contributed by atoms with Crippen molar-refractivity contribution < 1.29 is 19.7 Å². The number of aliphatic hydroxyl groups is 1. The highest BCUT2D eigenvalue weighted by Crippen LogP contribution is 2.33. The van der Waals surface area contributed by atoms with Gasteiger partial charge in [-0.05, 0) is 32.1 Å². The molecule has 3 atom stereocenters. The van der Waals surface area contributed by atoms with Gasteiger partial charge in [-0.3, -0.25) is 9.69 Å². The number of carbonyl (C=O) groups is 1. The SMILES string of the molecule is O=C(O)CCCC=CC[C@H]1[C@@H](O)CC[C@@H]1N1CCOCC1. The van der Waals surface area contributed by atoms with Crippen molar-refractivity contribution in [2.24, 2.45) is 5.92 Å². The minimum absolute atomic E-state index is 0.207. The van der Waals surface area contributed by atoms with Crippen molar-refractivity contribution >= 4 is 5.97 Å². The predicted molar refractivity (Wildman–Crippen MR) is 80.2 cm³/mol. The third-order valence-corrected chi connectivity index (χ3v) is 4.60. The average molecular weight is 297 g/mol. The van der Waals surface area contributed by atoms with Crippen molar-refractivity contribution in [3.05, 3.63) is 12.2 Å². The van der Waals surface area contributed by atoms with E-state index in [1.54, 1.807) is 0 Å². The maximum atomic E-state index is 10.4. The molecule has 0 spiro atoms. The van der Waals surface area contributed by atoms with Gasteiger partial charge in [0.1, 0.15) is 0 Å². The highest BCUT2D eigenvalue weighted by Gasteiger charge is 2.37. The Hall–Kier alpha value is -0.910. The van der Waals surface area contributed by atoms with Crippen LogP contribution in [0.3, 0.4) is 0 Å². The van der Waals surface area contributed by atoms with Crippen LogP contribution in [0.2, 0.25) is 0 Å². The van der Waals surface area contributed by atoms with E-state index in [0.717, 1.165) is 52.0 Å². The fraction of sp³-hybridized carbons (Fsp3) is 0.812. The summed E-state index contributed by atoms with van der Waals surface area (Å²) in [6.45, 7) is 3.53. The first kappa shape index (κ1) is 16.5. The number of carboxylic acids is 1. The van der Waals surface area contributed by atoms with Crippen molar-refractivity contribution in [2.45, 2.75) is 50.7 Å². The molecule has 1 heterocycles. The number of nitrogens with zero attached hydrogens (tertiary/aromatic N) is 1. The molecule has 5 heteroatoms. The first-order valence-corrected chi connectivity index (χ1v) is 8.05. The number of morpholine rings is 1. The van der Waals surface area contributed by atoms with E-state index in [4.69, 9.17) is 9.84 Å². The number of rotatable bonds is 7. The van der Waals surface area contributed by atoms with Crippen LogP contribution < -0.4 is 0 Å². The van der Waals surface area contributed by atoms with Crippen LogP contribution in [0.5, 0.6) is 0 Å². The van der Waals surface area contributed by atoms with Gasteiger partial charge >= 0.3 is 5.97 Å². The molecular weight excluding hydrogens is 270 g/mol. The van der Waals surface area contributed by atoms with Gasteiger partial charge in [-0.1, -0.05) is 12.2 Å². The van der Waals surface area contributed by atoms with Gasteiger partial charge in [0.25, 0.3) is 0 Å². The number of carboxylic acid groups (broad SMARTS) is 1. The molecule has 0 radical (unpaired) electrons. The molecule has 2 N–H and O–H groups in total. The Labute approximate surface area is 126 Å². The monoisotopic (exact) mass is 297 g/mol. The smallest absolute Gasteiger partial charge is 0.303 e. The summed E-state index contributed by atoms with van der Waals surface area (Å²) in [5, 5.41) is 18.8. The van der Waals surface area contributed by atoms with Gasteiger partial charge in [0.05, 0.1) is 19.3 Å². The minimum Gasteiger partial charge on any atom is -0.481 e. The maximum absolute atomic E-state index is 10.4. The molecule has 1 aliphatic carbocycles. The molecule has 0 aromatic carbocycles. The van der Waals surface area contributed by atoms with Crippen LogP contribution in [0.4, 0.5) is 0 Å². The van der Waals surface area contributed by atoms with Crippen molar-refractivity contribution in [3.8, 4) is 0 Å².